The smallest absolute Gasteiger partial charge is 0.255 e. The van der Waals surface area contributed by atoms with Crippen molar-refractivity contribution in [3.8, 4) is 0 Å². The Morgan fingerprint density at radius 1 is 1.33 bits per heavy atom. The highest BCUT2D eigenvalue weighted by Gasteiger charge is 2.39. The number of amides is 3. The van der Waals surface area contributed by atoms with E-state index in [2.05, 4.69) is 5.32 Å². The highest BCUT2D eigenvalue weighted by atomic mass is 16.2. The summed E-state index contributed by atoms with van der Waals surface area (Å²) < 4.78 is 0. The molecule has 0 aliphatic carbocycles. The van der Waals surface area contributed by atoms with Crippen molar-refractivity contribution in [2.45, 2.75) is 38.4 Å². The Morgan fingerprint density at radius 2 is 2.10 bits per heavy atom. The van der Waals surface area contributed by atoms with E-state index in [1.54, 1.807) is 6.07 Å². The van der Waals surface area contributed by atoms with Crippen molar-refractivity contribution >= 4 is 17.7 Å². The van der Waals surface area contributed by atoms with Gasteiger partial charge in [0.25, 0.3) is 5.91 Å². The number of benzene rings is 1. The molecule has 3 N–H and O–H groups in total. The lowest BCUT2D eigenvalue weighted by Gasteiger charge is -2.29. The highest BCUT2D eigenvalue weighted by molar-refractivity contribution is 6.05. The van der Waals surface area contributed by atoms with Gasteiger partial charge in [-0.3, -0.25) is 19.7 Å². The van der Waals surface area contributed by atoms with Crippen LogP contribution < -0.4 is 11.1 Å². The fourth-order valence-corrected chi connectivity index (χ4v) is 2.88. The number of hydrogen-bond donors (Lipinski definition) is 2. The third-order valence-corrected chi connectivity index (χ3v) is 4.07. The van der Waals surface area contributed by atoms with Crippen LogP contribution in [-0.4, -0.2) is 28.7 Å². The number of nitrogens with two attached hydrogens (primary N) is 1. The molecule has 0 saturated carbocycles. The van der Waals surface area contributed by atoms with Crippen LogP contribution in [0.15, 0.2) is 18.2 Å². The van der Waals surface area contributed by atoms with Crippen LogP contribution in [0.2, 0.25) is 0 Å². The Bertz CT molecular complexity index is 639. The minimum Gasteiger partial charge on any atom is -0.324 e. The van der Waals surface area contributed by atoms with E-state index in [-0.39, 0.29) is 30.2 Å². The molecule has 6 heteroatoms. The van der Waals surface area contributed by atoms with Gasteiger partial charge in [0, 0.05) is 24.6 Å². The third-order valence-electron chi connectivity index (χ3n) is 4.07. The summed E-state index contributed by atoms with van der Waals surface area (Å²) in [6.45, 7) is 2.28. The van der Waals surface area contributed by atoms with E-state index in [4.69, 9.17) is 5.73 Å². The van der Waals surface area contributed by atoms with Crippen LogP contribution in [0.1, 0.15) is 47.3 Å². The van der Waals surface area contributed by atoms with E-state index in [0.717, 1.165) is 11.1 Å². The molecule has 21 heavy (non-hydrogen) atoms. The zero-order valence-corrected chi connectivity index (χ0v) is 11.8. The van der Waals surface area contributed by atoms with Crippen molar-refractivity contribution in [3.63, 3.8) is 0 Å². The maximum Gasteiger partial charge on any atom is 0.255 e. The van der Waals surface area contributed by atoms with Crippen LogP contribution in [0.5, 0.6) is 0 Å². The van der Waals surface area contributed by atoms with Gasteiger partial charge in [0.1, 0.15) is 6.04 Å². The second-order valence-corrected chi connectivity index (χ2v) is 5.61. The summed E-state index contributed by atoms with van der Waals surface area (Å²) in [7, 11) is 0. The predicted molar refractivity (Wildman–Crippen MR) is 75.1 cm³/mol. The molecule has 2 atom stereocenters. The minimum absolute atomic E-state index is 0.102. The maximum absolute atomic E-state index is 12.4. The summed E-state index contributed by atoms with van der Waals surface area (Å²) in [5.74, 6) is -0.824. The Kier molecular flexibility index (Phi) is 3.25. The first-order valence-electron chi connectivity index (χ1n) is 7.00. The van der Waals surface area contributed by atoms with Crippen LogP contribution in [0.25, 0.3) is 0 Å². The molecule has 6 nitrogen and oxygen atoms in total. The number of carbonyl (C=O) groups is 3. The number of piperidine rings is 1. The Balaban J connectivity index is 1.86. The van der Waals surface area contributed by atoms with E-state index >= 15 is 0 Å². The molecular weight excluding hydrogens is 270 g/mol. The summed E-state index contributed by atoms with van der Waals surface area (Å²) in [6.07, 6.45) is 0.645. The fraction of sp³-hybridized carbons (Fsp3) is 0.400. The molecule has 2 aliphatic rings. The average molecular weight is 287 g/mol. The van der Waals surface area contributed by atoms with Crippen molar-refractivity contribution in [2.75, 3.05) is 0 Å². The molecule has 1 unspecified atom stereocenters. The quantitative estimate of drug-likeness (QED) is 0.773. The molecular formula is C15H17N3O3. The molecule has 3 amide bonds. The monoisotopic (exact) mass is 287 g/mol. The minimum atomic E-state index is -0.568. The van der Waals surface area contributed by atoms with E-state index in [1.165, 1.54) is 4.90 Å². The molecule has 0 aromatic heterocycles. The normalized spacial score (nSPS) is 23.0. The average Bonchev–Trinajstić information content (AvgIpc) is 2.75. The van der Waals surface area contributed by atoms with E-state index in [1.807, 2.05) is 19.1 Å². The summed E-state index contributed by atoms with van der Waals surface area (Å²) in [6, 6.07) is 4.86. The first-order valence-corrected chi connectivity index (χ1v) is 7.00. The Labute approximate surface area is 122 Å². The number of rotatable bonds is 2. The number of imide groups is 1. The molecule has 3 rings (SSSR count). The van der Waals surface area contributed by atoms with E-state index in [0.29, 0.717) is 18.5 Å². The van der Waals surface area contributed by atoms with Crippen molar-refractivity contribution in [1.82, 2.24) is 10.2 Å². The molecule has 1 aromatic carbocycles. The molecule has 0 spiro atoms. The van der Waals surface area contributed by atoms with Gasteiger partial charge in [-0.15, -0.1) is 0 Å². The second-order valence-electron chi connectivity index (χ2n) is 5.61. The predicted octanol–water partition coefficient (Wildman–Crippen LogP) is 0.467. The van der Waals surface area contributed by atoms with Crippen molar-refractivity contribution in [2.24, 2.45) is 5.73 Å². The summed E-state index contributed by atoms with van der Waals surface area (Å²) in [5, 5.41) is 2.29. The van der Waals surface area contributed by atoms with Gasteiger partial charge in [-0.25, -0.2) is 0 Å². The molecule has 0 bridgehead atoms. The fourth-order valence-electron chi connectivity index (χ4n) is 2.88. The standard InChI is InChI=1S/C15H17N3O3/c1-8(16)9-2-3-11-10(6-9)7-18(15(11)21)12-4-5-13(19)17-14(12)20/h2-3,6,8,12H,4-5,7,16H2,1H3,(H,17,19,20)/t8-,12?/m1/s1. The van der Waals surface area contributed by atoms with E-state index in [9.17, 15) is 14.4 Å². The molecule has 1 aromatic rings. The lowest BCUT2D eigenvalue weighted by molar-refractivity contribution is -0.136. The number of hydrogen-bond acceptors (Lipinski definition) is 4. The Morgan fingerprint density at radius 3 is 2.76 bits per heavy atom. The van der Waals surface area contributed by atoms with Gasteiger partial charge in [0.2, 0.25) is 11.8 Å². The number of nitrogens with zero attached hydrogens (tertiary/aromatic N) is 1. The van der Waals surface area contributed by atoms with Gasteiger partial charge in [-0.1, -0.05) is 12.1 Å². The number of carbonyl (C=O) groups excluding carboxylic acids is 3. The lowest BCUT2D eigenvalue weighted by atomic mass is 10.0. The van der Waals surface area contributed by atoms with Crippen LogP contribution in [0.3, 0.4) is 0 Å². The topological polar surface area (TPSA) is 92.5 Å². The van der Waals surface area contributed by atoms with Gasteiger partial charge in [-0.2, -0.15) is 0 Å². The highest BCUT2D eigenvalue weighted by Crippen LogP contribution is 2.29. The van der Waals surface area contributed by atoms with Crippen molar-refractivity contribution in [3.05, 3.63) is 34.9 Å². The summed E-state index contributed by atoms with van der Waals surface area (Å²) >= 11 is 0. The largest absolute Gasteiger partial charge is 0.324 e. The molecule has 2 heterocycles. The van der Waals surface area contributed by atoms with Crippen LogP contribution in [0.4, 0.5) is 0 Å². The maximum atomic E-state index is 12.4. The van der Waals surface area contributed by atoms with Crippen LogP contribution >= 0.6 is 0 Å². The summed E-state index contributed by atoms with van der Waals surface area (Å²) in [4.78, 5) is 37.1. The molecule has 2 aliphatic heterocycles. The molecule has 110 valence electrons. The van der Waals surface area contributed by atoms with Gasteiger partial charge in [-0.05, 0) is 30.5 Å². The molecule has 1 fully saturated rings. The Hall–Kier alpha value is -2.21. The van der Waals surface area contributed by atoms with Gasteiger partial charge in [0.05, 0.1) is 0 Å². The van der Waals surface area contributed by atoms with Gasteiger partial charge < -0.3 is 10.6 Å². The van der Waals surface area contributed by atoms with Crippen LogP contribution in [0, 0.1) is 0 Å². The first-order chi connectivity index (χ1) is 9.97. The number of fused-ring (bicyclic) bond motifs is 1. The van der Waals surface area contributed by atoms with E-state index < -0.39 is 6.04 Å². The SMILES string of the molecule is C[C@@H](N)c1ccc2c(c1)CN(C1CCC(=O)NC1=O)C2=O. The van der Waals surface area contributed by atoms with Gasteiger partial charge in [0.15, 0.2) is 0 Å². The van der Waals surface area contributed by atoms with Crippen molar-refractivity contribution < 1.29 is 14.4 Å². The second kappa shape index (κ2) is 4.96. The van der Waals surface area contributed by atoms with Crippen LogP contribution in [-0.2, 0) is 16.1 Å². The zero-order valence-electron chi connectivity index (χ0n) is 11.8. The molecule has 0 radical (unpaired) electrons. The van der Waals surface area contributed by atoms with Gasteiger partial charge >= 0.3 is 0 Å². The zero-order chi connectivity index (χ0) is 15.1. The summed E-state index contributed by atoms with van der Waals surface area (Å²) in [5.41, 5.74) is 8.32. The number of nitrogens with one attached hydrogen (secondary N) is 1. The van der Waals surface area contributed by atoms with Crippen molar-refractivity contribution in [1.29, 1.82) is 0 Å². The third kappa shape index (κ3) is 2.31. The first kappa shape index (κ1) is 13.8. The lowest BCUT2D eigenvalue weighted by Crippen LogP contribution is -2.52. The molecule has 1 saturated heterocycles.